The van der Waals surface area contributed by atoms with Gasteiger partial charge in [0.1, 0.15) is 11.9 Å². The highest BCUT2D eigenvalue weighted by atomic mass is 16.5. The molecular formula is C14H21NO3. The minimum absolute atomic E-state index is 0.337. The molecule has 0 bridgehead atoms. The Kier molecular flexibility index (Phi) is 4.99. The van der Waals surface area contributed by atoms with Crippen molar-refractivity contribution in [2.24, 2.45) is 5.92 Å². The Morgan fingerprint density at radius 2 is 2.39 bits per heavy atom. The van der Waals surface area contributed by atoms with E-state index >= 15 is 0 Å². The van der Waals surface area contributed by atoms with Crippen LogP contribution in [0.4, 0.5) is 0 Å². The highest BCUT2D eigenvalue weighted by Gasteiger charge is 2.15. The quantitative estimate of drug-likeness (QED) is 0.801. The van der Waals surface area contributed by atoms with Crippen LogP contribution < -0.4 is 10.1 Å². The van der Waals surface area contributed by atoms with E-state index in [0.29, 0.717) is 19.1 Å². The van der Waals surface area contributed by atoms with E-state index in [1.165, 1.54) is 0 Å². The van der Waals surface area contributed by atoms with Crippen LogP contribution in [0, 0.1) is 5.92 Å². The lowest BCUT2D eigenvalue weighted by molar-refractivity contribution is 0.0228. The molecule has 0 radical (unpaired) electrons. The molecule has 1 saturated heterocycles. The van der Waals surface area contributed by atoms with Gasteiger partial charge in [0.25, 0.3) is 0 Å². The van der Waals surface area contributed by atoms with Gasteiger partial charge in [-0.1, -0.05) is 12.1 Å². The first kappa shape index (κ1) is 13.3. The molecule has 0 aliphatic carbocycles. The Bertz CT molecular complexity index is 364. The highest BCUT2D eigenvalue weighted by Crippen LogP contribution is 2.19. The normalized spacial score (nSPS) is 20.9. The van der Waals surface area contributed by atoms with Gasteiger partial charge in [0.05, 0.1) is 20.3 Å². The summed E-state index contributed by atoms with van der Waals surface area (Å²) in [7, 11) is 1.62. The molecule has 1 aliphatic rings. The number of hydrogen-bond acceptors (Lipinski definition) is 4. The summed E-state index contributed by atoms with van der Waals surface area (Å²) >= 11 is 0. The van der Waals surface area contributed by atoms with Crippen LogP contribution >= 0.6 is 0 Å². The Hall–Kier alpha value is -1.10. The number of nitrogens with one attached hydrogen (secondary N) is 1. The first-order valence-electron chi connectivity index (χ1n) is 6.40. The first-order chi connectivity index (χ1) is 8.79. The third-order valence-corrected chi connectivity index (χ3v) is 3.27. The number of aliphatic hydroxyl groups is 1. The first-order valence-corrected chi connectivity index (χ1v) is 6.40. The van der Waals surface area contributed by atoms with E-state index in [1.54, 1.807) is 7.11 Å². The summed E-state index contributed by atoms with van der Waals surface area (Å²) in [6.45, 7) is 3.15. The second kappa shape index (κ2) is 6.73. The van der Waals surface area contributed by atoms with E-state index in [1.807, 2.05) is 24.3 Å². The fourth-order valence-electron chi connectivity index (χ4n) is 2.15. The standard InChI is InChI=1S/C14H21NO3/c1-17-13-4-2-3-12(7-13)14(16)10-18-9-11-5-6-15-8-11/h2-4,7,11,14-16H,5-6,8-10H2,1H3. The second-order valence-electron chi connectivity index (χ2n) is 4.69. The van der Waals surface area contributed by atoms with Crippen molar-refractivity contribution in [3.05, 3.63) is 29.8 Å². The molecule has 0 saturated carbocycles. The van der Waals surface area contributed by atoms with Gasteiger partial charge in [0, 0.05) is 6.54 Å². The Labute approximate surface area is 108 Å². The number of aliphatic hydroxyl groups excluding tert-OH is 1. The van der Waals surface area contributed by atoms with Crippen molar-refractivity contribution in [1.82, 2.24) is 5.32 Å². The molecular weight excluding hydrogens is 230 g/mol. The zero-order valence-electron chi connectivity index (χ0n) is 10.8. The monoisotopic (exact) mass is 251 g/mol. The molecule has 1 aliphatic heterocycles. The fourth-order valence-corrected chi connectivity index (χ4v) is 2.15. The van der Waals surface area contributed by atoms with Crippen LogP contribution in [-0.4, -0.2) is 38.5 Å². The average Bonchev–Trinajstić information content (AvgIpc) is 2.92. The molecule has 2 N–H and O–H groups in total. The lowest BCUT2D eigenvalue weighted by atomic mass is 10.1. The maximum absolute atomic E-state index is 10.0. The van der Waals surface area contributed by atoms with Crippen molar-refractivity contribution in [2.45, 2.75) is 12.5 Å². The van der Waals surface area contributed by atoms with E-state index < -0.39 is 6.10 Å². The van der Waals surface area contributed by atoms with Crippen molar-refractivity contribution < 1.29 is 14.6 Å². The van der Waals surface area contributed by atoms with Crippen molar-refractivity contribution in [1.29, 1.82) is 0 Å². The van der Waals surface area contributed by atoms with E-state index in [2.05, 4.69) is 5.32 Å². The van der Waals surface area contributed by atoms with Gasteiger partial charge in [-0.25, -0.2) is 0 Å². The minimum Gasteiger partial charge on any atom is -0.497 e. The Morgan fingerprint density at radius 1 is 1.50 bits per heavy atom. The molecule has 0 spiro atoms. The maximum Gasteiger partial charge on any atom is 0.119 e. The lowest BCUT2D eigenvalue weighted by Gasteiger charge is -2.14. The smallest absolute Gasteiger partial charge is 0.119 e. The molecule has 1 aromatic carbocycles. The molecule has 18 heavy (non-hydrogen) atoms. The lowest BCUT2D eigenvalue weighted by Crippen LogP contribution is -2.16. The molecule has 1 heterocycles. The number of ether oxygens (including phenoxy) is 2. The third-order valence-electron chi connectivity index (χ3n) is 3.27. The number of methoxy groups -OCH3 is 1. The number of benzene rings is 1. The van der Waals surface area contributed by atoms with Crippen LogP contribution in [0.2, 0.25) is 0 Å². The van der Waals surface area contributed by atoms with Crippen molar-refractivity contribution in [2.75, 3.05) is 33.4 Å². The number of rotatable bonds is 6. The van der Waals surface area contributed by atoms with Crippen LogP contribution in [-0.2, 0) is 4.74 Å². The van der Waals surface area contributed by atoms with Gasteiger partial charge in [-0.2, -0.15) is 0 Å². The van der Waals surface area contributed by atoms with Crippen LogP contribution in [0.25, 0.3) is 0 Å². The number of hydrogen-bond donors (Lipinski definition) is 2. The van der Waals surface area contributed by atoms with Crippen molar-refractivity contribution in [3.63, 3.8) is 0 Å². The average molecular weight is 251 g/mol. The predicted octanol–water partition coefficient (Wildman–Crippen LogP) is 1.35. The molecule has 0 aromatic heterocycles. The molecule has 0 amide bonds. The topological polar surface area (TPSA) is 50.7 Å². The van der Waals surface area contributed by atoms with Gasteiger partial charge in [0.15, 0.2) is 0 Å². The van der Waals surface area contributed by atoms with Gasteiger partial charge in [-0.3, -0.25) is 0 Å². The molecule has 100 valence electrons. The Balaban J connectivity index is 1.77. The highest BCUT2D eigenvalue weighted by molar-refractivity contribution is 5.29. The molecule has 1 fully saturated rings. The summed E-state index contributed by atoms with van der Waals surface area (Å²) in [6.07, 6.45) is 0.573. The fraction of sp³-hybridized carbons (Fsp3) is 0.571. The molecule has 4 nitrogen and oxygen atoms in total. The summed E-state index contributed by atoms with van der Waals surface area (Å²) < 4.78 is 10.7. The van der Waals surface area contributed by atoms with E-state index in [9.17, 15) is 5.11 Å². The van der Waals surface area contributed by atoms with Crippen LogP contribution in [0.3, 0.4) is 0 Å². The minimum atomic E-state index is -0.588. The molecule has 2 atom stereocenters. The molecule has 2 unspecified atom stereocenters. The predicted molar refractivity (Wildman–Crippen MR) is 69.7 cm³/mol. The molecule has 2 rings (SSSR count). The van der Waals surface area contributed by atoms with Gasteiger partial charge < -0.3 is 19.9 Å². The second-order valence-corrected chi connectivity index (χ2v) is 4.69. The molecule has 1 aromatic rings. The SMILES string of the molecule is COc1cccc(C(O)COCC2CCNC2)c1. The molecule has 4 heteroatoms. The Morgan fingerprint density at radius 3 is 3.11 bits per heavy atom. The van der Waals surface area contributed by atoms with Crippen molar-refractivity contribution in [3.8, 4) is 5.75 Å². The van der Waals surface area contributed by atoms with E-state index in [-0.39, 0.29) is 0 Å². The zero-order valence-corrected chi connectivity index (χ0v) is 10.8. The van der Waals surface area contributed by atoms with Gasteiger partial charge in [-0.15, -0.1) is 0 Å². The van der Waals surface area contributed by atoms with E-state index in [4.69, 9.17) is 9.47 Å². The van der Waals surface area contributed by atoms with Gasteiger partial charge >= 0.3 is 0 Å². The van der Waals surface area contributed by atoms with Crippen LogP contribution in [0.15, 0.2) is 24.3 Å². The van der Waals surface area contributed by atoms with Crippen LogP contribution in [0.1, 0.15) is 18.1 Å². The summed E-state index contributed by atoms with van der Waals surface area (Å²) in [5, 5.41) is 13.3. The summed E-state index contributed by atoms with van der Waals surface area (Å²) in [5.74, 6) is 1.34. The van der Waals surface area contributed by atoms with Crippen LogP contribution in [0.5, 0.6) is 5.75 Å². The zero-order chi connectivity index (χ0) is 12.8. The largest absolute Gasteiger partial charge is 0.497 e. The summed E-state index contributed by atoms with van der Waals surface area (Å²) in [5.41, 5.74) is 0.832. The summed E-state index contributed by atoms with van der Waals surface area (Å²) in [6, 6.07) is 7.46. The van der Waals surface area contributed by atoms with Gasteiger partial charge in [0.2, 0.25) is 0 Å². The third kappa shape index (κ3) is 3.70. The maximum atomic E-state index is 10.0. The van der Waals surface area contributed by atoms with Gasteiger partial charge in [-0.05, 0) is 36.6 Å². The summed E-state index contributed by atoms with van der Waals surface area (Å²) in [4.78, 5) is 0. The van der Waals surface area contributed by atoms with E-state index in [0.717, 1.165) is 30.8 Å². The van der Waals surface area contributed by atoms with Crippen molar-refractivity contribution >= 4 is 0 Å².